The second-order valence-electron chi connectivity index (χ2n) is 3.28. The van der Waals surface area contributed by atoms with E-state index in [2.05, 4.69) is 15.2 Å². The lowest BCUT2D eigenvalue weighted by Crippen LogP contribution is -2.32. The molecule has 0 aromatic carbocycles. The fourth-order valence-electron chi connectivity index (χ4n) is 1.17. The summed E-state index contributed by atoms with van der Waals surface area (Å²) < 4.78 is 6.01. The van der Waals surface area contributed by atoms with Crippen molar-refractivity contribution in [2.24, 2.45) is 0 Å². The first-order valence-corrected chi connectivity index (χ1v) is 4.99. The molecule has 0 spiro atoms. The highest BCUT2D eigenvalue weighted by Crippen LogP contribution is 2.02. The number of carbonyl (C=O) groups is 2. The number of nitrogens with zero attached hydrogens (tertiary/aromatic N) is 2. The Morgan fingerprint density at radius 1 is 1.56 bits per heavy atom. The SMILES string of the molecule is COC(=O)CCNC(=O)C(C)n1cccn1. The van der Waals surface area contributed by atoms with Gasteiger partial charge in [0.15, 0.2) is 0 Å². The lowest BCUT2D eigenvalue weighted by atomic mass is 10.3. The average molecular weight is 225 g/mol. The molecule has 6 nitrogen and oxygen atoms in total. The highest BCUT2D eigenvalue weighted by atomic mass is 16.5. The number of hydrogen-bond acceptors (Lipinski definition) is 4. The van der Waals surface area contributed by atoms with Crippen molar-refractivity contribution in [2.45, 2.75) is 19.4 Å². The van der Waals surface area contributed by atoms with Crippen LogP contribution < -0.4 is 5.32 Å². The predicted molar refractivity (Wildman–Crippen MR) is 56.6 cm³/mol. The van der Waals surface area contributed by atoms with Gasteiger partial charge in [0.25, 0.3) is 0 Å². The van der Waals surface area contributed by atoms with Crippen LogP contribution in [0.25, 0.3) is 0 Å². The first kappa shape index (κ1) is 12.2. The van der Waals surface area contributed by atoms with Gasteiger partial charge >= 0.3 is 5.97 Å². The van der Waals surface area contributed by atoms with Crippen LogP contribution in [-0.2, 0) is 14.3 Å². The maximum atomic E-state index is 11.6. The topological polar surface area (TPSA) is 73.2 Å². The average Bonchev–Trinajstić information content (AvgIpc) is 2.81. The third kappa shape index (κ3) is 3.38. The normalized spacial score (nSPS) is 11.9. The van der Waals surface area contributed by atoms with Crippen LogP contribution in [0.1, 0.15) is 19.4 Å². The summed E-state index contributed by atoms with van der Waals surface area (Å²) in [7, 11) is 1.32. The summed E-state index contributed by atoms with van der Waals surface area (Å²) in [4.78, 5) is 22.4. The summed E-state index contributed by atoms with van der Waals surface area (Å²) in [6.07, 6.45) is 3.50. The fraction of sp³-hybridized carbons (Fsp3) is 0.500. The molecule has 6 heteroatoms. The summed E-state index contributed by atoms with van der Waals surface area (Å²) in [5, 5.41) is 6.60. The maximum Gasteiger partial charge on any atom is 0.307 e. The van der Waals surface area contributed by atoms with Crippen molar-refractivity contribution in [3.8, 4) is 0 Å². The number of amides is 1. The van der Waals surface area contributed by atoms with Crippen molar-refractivity contribution < 1.29 is 14.3 Å². The molecule has 16 heavy (non-hydrogen) atoms. The second-order valence-corrected chi connectivity index (χ2v) is 3.28. The Bertz CT molecular complexity index is 348. The van der Waals surface area contributed by atoms with Crippen LogP contribution in [0.15, 0.2) is 18.5 Å². The monoisotopic (exact) mass is 225 g/mol. The summed E-state index contributed by atoms with van der Waals surface area (Å²) in [6, 6.07) is 1.37. The smallest absolute Gasteiger partial charge is 0.307 e. The van der Waals surface area contributed by atoms with E-state index in [1.807, 2.05) is 0 Å². The van der Waals surface area contributed by atoms with Gasteiger partial charge in [0, 0.05) is 18.9 Å². The lowest BCUT2D eigenvalue weighted by molar-refractivity contribution is -0.140. The van der Waals surface area contributed by atoms with Crippen LogP contribution in [0.4, 0.5) is 0 Å². The van der Waals surface area contributed by atoms with E-state index in [1.165, 1.54) is 7.11 Å². The molecule has 0 saturated carbocycles. The molecule has 0 aliphatic heterocycles. The Balaban J connectivity index is 2.33. The molecular formula is C10H15N3O3. The Morgan fingerprint density at radius 2 is 2.31 bits per heavy atom. The highest BCUT2D eigenvalue weighted by molar-refractivity contribution is 5.80. The van der Waals surface area contributed by atoms with Crippen LogP contribution in [0.2, 0.25) is 0 Å². The van der Waals surface area contributed by atoms with Gasteiger partial charge in [-0.25, -0.2) is 0 Å². The van der Waals surface area contributed by atoms with Gasteiger partial charge in [0.05, 0.1) is 13.5 Å². The van der Waals surface area contributed by atoms with Gasteiger partial charge in [-0.15, -0.1) is 0 Å². The largest absolute Gasteiger partial charge is 0.469 e. The van der Waals surface area contributed by atoms with Crippen LogP contribution in [0, 0.1) is 0 Å². The molecule has 1 aromatic heterocycles. The third-order valence-corrected chi connectivity index (χ3v) is 2.16. The zero-order chi connectivity index (χ0) is 12.0. The molecule has 0 bridgehead atoms. The molecular weight excluding hydrogens is 210 g/mol. The second kappa shape index (κ2) is 5.89. The van der Waals surface area contributed by atoms with Crippen LogP contribution >= 0.6 is 0 Å². The fourth-order valence-corrected chi connectivity index (χ4v) is 1.17. The predicted octanol–water partition coefficient (Wildman–Crippen LogP) is 0.123. The van der Waals surface area contributed by atoms with Crippen molar-refractivity contribution in [1.82, 2.24) is 15.1 Å². The molecule has 1 N–H and O–H groups in total. The van der Waals surface area contributed by atoms with Gasteiger partial charge in [-0.3, -0.25) is 14.3 Å². The van der Waals surface area contributed by atoms with Crippen molar-refractivity contribution in [2.75, 3.05) is 13.7 Å². The summed E-state index contributed by atoms with van der Waals surface area (Å²) in [5.41, 5.74) is 0. The van der Waals surface area contributed by atoms with Gasteiger partial charge in [0.1, 0.15) is 6.04 Å². The molecule has 1 atom stereocenters. The zero-order valence-electron chi connectivity index (χ0n) is 9.34. The molecule has 1 unspecified atom stereocenters. The molecule has 1 heterocycles. The number of aromatic nitrogens is 2. The third-order valence-electron chi connectivity index (χ3n) is 2.16. The summed E-state index contributed by atoms with van der Waals surface area (Å²) in [6.45, 7) is 2.01. The number of hydrogen-bond donors (Lipinski definition) is 1. The molecule has 0 aliphatic carbocycles. The number of methoxy groups -OCH3 is 1. The van der Waals surface area contributed by atoms with E-state index in [0.29, 0.717) is 0 Å². The molecule has 88 valence electrons. The minimum atomic E-state index is -0.382. The Morgan fingerprint density at radius 3 is 2.88 bits per heavy atom. The van der Waals surface area contributed by atoms with E-state index >= 15 is 0 Å². The van der Waals surface area contributed by atoms with E-state index < -0.39 is 0 Å². The lowest BCUT2D eigenvalue weighted by Gasteiger charge is -2.11. The Hall–Kier alpha value is -1.85. The Kier molecular flexibility index (Phi) is 4.50. The van der Waals surface area contributed by atoms with E-state index in [1.54, 1.807) is 30.1 Å². The Labute approximate surface area is 93.6 Å². The summed E-state index contributed by atoms with van der Waals surface area (Å²) in [5.74, 6) is -0.514. The van der Waals surface area contributed by atoms with Crippen LogP contribution in [0.3, 0.4) is 0 Å². The van der Waals surface area contributed by atoms with E-state index in [0.717, 1.165) is 0 Å². The molecule has 0 saturated heterocycles. The van der Waals surface area contributed by atoms with Gasteiger partial charge in [-0.2, -0.15) is 5.10 Å². The standard InChI is InChI=1S/C10H15N3O3/c1-8(13-7-3-5-12-13)10(15)11-6-4-9(14)16-2/h3,5,7-8H,4,6H2,1-2H3,(H,11,15). The number of ether oxygens (including phenoxy) is 1. The first-order valence-electron chi connectivity index (χ1n) is 4.99. The van der Waals surface area contributed by atoms with Gasteiger partial charge in [-0.05, 0) is 13.0 Å². The highest BCUT2D eigenvalue weighted by Gasteiger charge is 2.14. The van der Waals surface area contributed by atoms with Gasteiger partial charge in [0.2, 0.25) is 5.91 Å². The molecule has 1 amide bonds. The van der Waals surface area contributed by atoms with Gasteiger partial charge in [-0.1, -0.05) is 0 Å². The number of esters is 1. The molecule has 0 aliphatic rings. The van der Waals surface area contributed by atoms with Crippen molar-refractivity contribution in [1.29, 1.82) is 0 Å². The first-order chi connectivity index (χ1) is 7.65. The van der Waals surface area contributed by atoms with Crippen molar-refractivity contribution >= 4 is 11.9 Å². The number of carbonyl (C=O) groups excluding carboxylic acids is 2. The minimum absolute atomic E-state index is 0.174. The minimum Gasteiger partial charge on any atom is -0.469 e. The quantitative estimate of drug-likeness (QED) is 0.722. The summed E-state index contributed by atoms with van der Waals surface area (Å²) >= 11 is 0. The van der Waals surface area contributed by atoms with E-state index in [-0.39, 0.29) is 30.9 Å². The van der Waals surface area contributed by atoms with Crippen molar-refractivity contribution in [3.63, 3.8) is 0 Å². The zero-order valence-corrected chi connectivity index (χ0v) is 9.34. The number of nitrogens with one attached hydrogen (secondary N) is 1. The van der Waals surface area contributed by atoms with E-state index in [9.17, 15) is 9.59 Å². The number of rotatable bonds is 5. The van der Waals surface area contributed by atoms with E-state index in [4.69, 9.17) is 0 Å². The maximum absolute atomic E-state index is 11.6. The molecule has 0 fully saturated rings. The van der Waals surface area contributed by atoms with Crippen LogP contribution in [0.5, 0.6) is 0 Å². The van der Waals surface area contributed by atoms with Gasteiger partial charge < -0.3 is 10.1 Å². The van der Waals surface area contributed by atoms with Crippen molar-refractivity contribution in [3.05, 3.63) is 18.5 Å². The van der Waals surface area contributed by atoms with Crippen LogP contribution in [-0.4, -0.2) is 35.3 Å². The molecule has 1 aromatic rings. The molecule has 1 rings (SSSR count). The molecule has 0 radical (unpaired) electrons.